The van der Waals surface area contributed by atoms with Crippen LogP contribution in [0, 0.1) is 0 Å². The summed E-state index contributed by atoms with van der Waals surface area (Å²) in [6.07, 6.45) is -1.81. The van der Waals surface area contributed by atoms with Crippen molar-refractivity contribution in [3.63, 3.8) is 0 Å². The summed E-state index contributed by atoms with van der Waals surface area (Å²) in [5, 5.41) is 5.91. The molecule has 0 atom stereocenters. The van der Waals surface area contributed by atoms with Crippen molar-refractivity contribution >= 4 is 17.2 Å². The highest BCUT2D eigenvalue weighted by Gasteiger charge is 2.30. The van der Waals surface area contributed by atoms with Crippen molar-refractivity contribution in [3.8, 4) is 10.6 Å². The molecular weight excluding hydrogens is 363 g/mol. The maximum Gasteiger partial charge on any atom is 0.416 e. The third-order valence-electron chi connectivity index (χ3n) is 4.27. The van der Waals surface area contributed by atoms with E-state index >= 15 is 0 Å². The van der Waals surface area contributed by atoms with Gasteiger partial charge >= 0.3 is 6.18 Å². The summed E-state index contributed by atoms with van der Waals surface area (Å²) < 4.78 is 37.8. The van der Waals surface area contributed by atoms with Crippen LogP contribution < -0.4 is 5.32 Å². The Hall–Kier alpha value is -1.93. The third kappa shape index (κ3) is 4.82. The van der Waals surface area contributed by atoms with E-state index in [0.29, 0.717) is 23.5 Å². The van der Waals surface area contributed by atoms with E-state index in [1.165, 1.54) is 23.5 Å². The first-order valence-electron chi connectivity index (χ1n) is 8.54. The highest BCUT2D eigenvalue weighted by molar-refractivity contribution is 7.13. The van der Waals surface area contributed by atoms with Gasteiger partial charge in [0.1, 0.15) is 5.01 Å². The summed E-state index contributed by atoms with van der Waals surface area (Å²) in [4.78, 5) is 17.9. The highest BCUT2D eigenvalue weighted by Crippen LogP contribution is 2.31. The first-order chi connectivity index (χ1) is 12.4. The van der Waals surface area contributed by atoms with Gasteiger partial charge < -0.3 is 10.2 Å². The molecule has 0 aliphatic carbocycles. The monoisotopic (exact) mass is 383 g/mol. The number of carbonyl (C=O) groups is 1. The van der Waals surface area contributed by atoms with E-state index in [9.17, 15) is 18.0 Å². The van der Waals surface area contributed by atoms with E-state index in [-0.39, 0.29) is 5.91 Å². The SMILES string of the molecule is O=C1CCCN1CCCNCc1csc(-c2ccc(C(F)(F)F)cc2)n1. The Kier molecular flexibility index (Phi) is 5.93. The van der Waals surface area contributed by atoms with Crippen LogP contribution in [0.15, 0.2) is 29.6 Å². The van der Waals surface area contributed by atoms with E-state index in [2.05, 4.69) is 10.3 Å². The zero-order valence-electron chi connectivity index (χ0n) is 14.2. The van der Waals surface area contributed by atoms with Crippen molar-refractivity contribution in [2.24, 2.45) is 0 Å². The number of aromatic nitrogens is 1. The average molecular weight is 383 g/mol. The number of halogens is 3. The molecule has 4 nitrogen and oxygen atoms in total. The fraction of sp³-hybridized carbons (Fsp3) is 0.444. The van der Waals surface area contributed by atoms with Crippen molar-refractivity contribution in [2.75, 3.05) is 19.6 Å². The van der Waals surface area contributed by atoms with Crippen LogP contribution in [0.4, 0.5) is 13.2 Å². The second kappa shape index (κ2) is 8.18. The molecule has 1 fully saturated rings. The zero-order valence-corrected chi connectivity index (χ0v) is 15.0. The average Bonchev–Trinajstić information content (AvgIpc) is 3.23. The number of likely N-dealkylation sites (tertiary alicyclic amines) is 1. The first kappa shape index (κ1) is 18.8. The van der Waals surface area contributed by atoms with Crippen LogP contribution in [0.2, 0.25) is 0 Å². The molecule has 140 valence electrons. The molecular formula is C18H20F3N3OS. The normalized spacial score (nSPS) is 15.0. The Morgan fingerprint density at radius 1 is 1.23 bits per heavy atom. The topological polar surface area (TPSA) is 45.2 Å². The van der Waals surface area contributed by atoms with E-state index in [4.69, 9.17) is 0 Å². The van der Waals surface area contributed by atoms with Crippen LogP contribution in [-0.4, -0.2) is 35.4 Å². The van der Waals surface area contributed by atoms with Gasteiger partial charge in [0.25, 0.3) is 0 Å². The van der Waals surface area contributed by atoms with Gasteiger partial charge in [0.2, 0.25) is 5.91 Å². The molecule has 0 unspecified atom stereocenters. The molecule has 1 N–H and O–H groups in total. The van der Waals surface area contributed by atoms with Crippen LogP contribution in [0.5, 0.6) is 0 Å². The minimum absolute atomic E-state index is 0.241. The number of rotatable bonds is 7. The predicted molar refractivity (Wildman–Crippen MR) is 94.7 cm³/mol. The van der Waals surface area contributed by atoms with Gasteiger partial charge in [0, 0.05) is 37.0 Å². The summed E-state index contributed by atoms with van der Waals surface area (Å²) in [6, 6.07) is 5.06. The minimum Gasteiger partial charge on any atom is -0.343 e. The summed E-state index contributed by atoms with van der Waals surface area (Å²) in [5.74, 6) is 0.241. The summed E-state index contributed by atoms with van der Waals surface area (Å²) in [6.45, 7) is 3.03. The molecule has 8 heteroatoms. The Morgan fingerprint density at radius 3 is 2.65 bits per heavy atom. The lowest BCUT2D eigenvalue weighted by atomic mass is 10.1. The van der Waals surface area contributed by atoms with Gasteiger partial charge in [-0.05, 0) is 31.5 Å². The molecule has 1 amide bonds. The first-order valence-corrected chi connectivity index (χ1v) is 9.42. The molecule has 26 heavy (non-hydrogen) atoms. The molecule has 2 aromatic rings. The molecule has 1 aromatic carbocycles. The summed E-state index contributed by atoms with van der Waals surface area (Å²) in [7, 11) is 0. The second-order valence-electron chi connectivity index (χ2n) is 6.23. The number of nitrogens with one attached hydrogen (secondary N) is 1. The van der Waals surface area contributed by atoms with Gasteiger partial charge in [-0.25, -0.2) is 4.98 Å². The second-order valence-corrected chi connectivity index (χ2v) is 7.09. The lowest BCUT2D eigenvalue weighted by molar-refractivity contribution is -0.137. The van der Waals surface area contributed by atoms with Crippen molar-refractivity contribution in [3.05, 3.63) is 40.9 Å². The number of hydrogen-bond donors (Lipinski definition) is 1. The number of alkyl halides is 3. The van der Waals surface area contributed by atoms with Gasteiger partial charge in [-0.3, -0.25) is 4.79 Å². The number of thiazole rings is 1. The van der Waals surface area contributed by atoms with Crippen LogP contribution in [-0.2, 0) is 17.5 Å². The predicted octanol–water partition coefficient (Wildman–Crippen LogP) is 3.93. The fourth-order valence-electron chi connectivity index (χ4n) is 2.87. The Morgan fingerprint density at radius 2 is 2.00 bits per heavy atom. The highest BCUT2D eigenvalue weighted by atomic mass is 32.1. The van der Waals surface area contributed by atoms with Crippen LogP contribution in [0.1, 0.15) is 30.5 Å². The molecule has 0 bridgehead atoms. The number of hydrogen-bond acceptors (Lipinski definition) is 4. The maximum atomic E-state index is 12.6. The molecule has 1 aromatic heterocycles. The Balaban J connectivity index is 1.45. The Labute approximate surface area is 154 Å². The minimum atomic E-state index is -4.32. The maximum absolute atomic E-state index is 12.6. The van der Waals surface area contributed by atoms with Crippen LogP contribution >= 0.6 is 11.3 Å². The lowest BCUT2D eigenvalue weighted by Crippen LogP contribution is -2.28. The van der Waals surface area contributed by atoms with Crippen molar-refractivity contribution < 1.29 is 18.0 Å². The third-order valence-corrected chi connectivity index (χ3v) is 5.21. The largest absolute Gasteiger partial charge is 0.416 e. The molecule has 0 spiro atoms. The molecule has 1 aliphatic heterocycles. The fourth-order valence-corrected chi connectivity index (χ4v) is 3.70. The van der Waals surface area contributed by atoms with Gasteiger partial charge in [0.15, 0.2) is 0 Å². The smallest absolute Gasteiger partial charge is 0.343 e. The van der Waals surface area contributed by atoms with E-state index in [1.807, 2.05) is 10.3 Å². The Bertz CT molecular complexity index is 743. The van der Waals surface area contributed by atoms with Gasteiger partial charge in [0.05, 0.1) is 11.3 Å². The van der Waals surface area contributed by atoms with Crippen molar-refractivity contribution in [1.29, 1.82) is 0 Å². The van der Waals surface area contributed by atoms with Crippen molar-refractivity contribution in [1.82, 2.24) is 15.2 Å². The van der Waals surface area contributed by atoms with E-state index in [1.54, 1.807) is 0 Å². The molecule has 0 saturated carbocycles. The van der Waals surface area contributed by atoms with E-state index in [0.717, 1.165) is 50.3 Å². The molecule has 0 radical (unpaired) electrons. The van der Waals surface area contributed by atoms with Crippen molar-refractivity contribution in [2.45, 2.75) is 32.0 Å². The number of carbonyl (C=O) groups excluding carboxylic acids is 1. The number of amides is 1. The van der Waals surface area contributed by atoms with E-state index < -0.39 is 11.7 Å². The molecule has 2 heterocycles. The van der Waals surface area contributed by atoms with Crippen LogP contribution in [0.3, 0.4) is 0 Å². The zero-order chi connectivity index (χ0) is 18.6. The summed E-state index contributed by atoms with van der Waals surface area (Å²) >= 11 is 1.42. The number of nitrogens with zero attached hydrogens (tertiary/aromatic N) is 2. The molecule has 1 aliphatic rings. The lowest BCUT2D eigenvalue weighted by Gasteiger charge is -2.15. The quantitative estimate of drug-likeness (QED) is 0.737. The van der Waals surface area contributed by atoms with Crippen LogP contribution in [0.25, 0.3) is 10.6 Å². The standard InChI is InChI=1S/C18H20F3N3OS/c19-18(20,21)14-6-4-13(5-7-14)17-23-15(12-26-17)11-22-8-2-10-24-9-1-3-16(24)25/h4-7,12,22H,1-3,8-11H2. The summed E-state index contributed by atoms with van der Waals surface area (Å²) in [5.41, 5.74) is 0.889. The molecule has 1 saturated heterocycles. The molecule has 3 rings (SSSR count). The van der Waals surface area contributed by atoms with Gasteiger partial charge in [-0.1, -0.05) is 12.1 Å². The van der Waals surface area contributed by atoms with Gasteiger partial charge in [-0.15, -0.1) is 11.3 Å². The number of benzene rings is 1. The van der Waals surface area contributed by atoms with Gasteiger partial charge in [-0.2, -0.15) is 13.2 Å².